The Kier molecular flexibility index (Phi) is 3.82. The van der Waals surface area contributed by atoms with Crippen LogP contribution in [-0.4, -0.2) is 22.3 Å². The van der Waals surface area contributed by atoms with Crippen molar-refractivity contribution in [3.05, 3.63) is 56.5 Å². The first-order valence-electron chi connectivity index (χ1n) is 5.45. The molecule has 2 aromatic rings. The number of H-pyrrole nitrogens is 2. The Morgan fingerprint density at radius 2 is 2.11 bits per heavy atom. The number of carbonyl (C=O) groups is 1. The number of hydrogen-bond donors (Lipinski definition) is 3. The molecule has 19 heavy (non-hydrogen) atoms. The molecule has 3 N–H and O–H groups in total. The summed E-state index contributed by atoms with van der Waals surface area (Å²) in [5.74, 6) is -0.501. The van der Waals surface area contributed by atoms with Gasteiger partial charge in [0.2, 0.25) is 0 Å². The van der Waals surface area contributed by atoms with Crippen LogP contribution in [0.5, 0.6) is 0 Å². The molecule has 0 saturated carbocycles. The minimum atomic E-state index is -0.501. The number of aromatic nitrogens is 2. The highest BCUT2D eigenvalue weighted by Crippen LogP contribution is 2.12. The van der Waals surface area contributed by atoms with E-state index >= 15 is 0 Å². The maximum Gasteiger partial charge on any atom is 0.289 e. The van der Waals surface area contributed by atoms with E-state index in [0.717, 1.165) is 0 Å². The van der Waals surface area contributed by atoms with Crippen LogP contribution in [0.2, 0.25) is 5.02 Å². The topological polar surface area (TPSA) is 90.1 Å². The Bertz CT molecular complexity index is 687. The standard InChI is InChI=1S/C12H11ClN4O2/c1-7-10(15-17-11(7)18)12(19)16-14-6-8-4-2-3-5-9(8)13/h2-6H,1H3,(H,16,19)(H2,15,17,18)/b14-6-. The summed E-state index contributed by atoms with van der Waals surface area (Å²) in [5.41, 5.74) is 3.13. The van der Waals surface area contributed by atoms with Gasteiger partial charge in [0, 0.05) is 16.1 Å². The Morgan fingerprint density at radius 1 is 1.37 bits per heavy atom. The van der Waals surface area contributed by atoms with Crippen LogP contribution in [0.25, 0.3) is 0 Å². The van der Waals surface area contributed by atoms with Crippen LogP contribution in [0, 0.1) is 6.92 Å². The van der Waals surface area contributed by atoms with Gasteiger partial charge in [-0.15, -0.1) is 0 Å². The summed E-state index contributed by atoms with van der Waals surface area (Å²) in [5, 5.41) is 9.12. The molecule has 0 atom stereocenters. The predicted octanol–water partition coefficient (Wildman–Crippen LogP) is 1.43. The zero-order chi connectivity index (χ0) is 13.8. The lowest BCUT2D eigenvalue weighted by atomic mass is 10.2. The fourth-order valence-electron chi connectivity index (χ4n) is 1.44. The number of benzene rings is 1. The first kappa shape index (κ1) is 13.1. The van der Waals surface area contributed by atoms with E-state index in [-0.39, 0.29) is 11.3 Å². The monoisotopic (exact) mass is 278 g/mol. The van der Waals surface area contributed by atoms with Crippen LogP contribution in [0.15, 0.2) is 34.2 Å². The second-order valence-corrected chi connectivity index (χ2v) is 4.21. The smallest absolute Gasteiger partial charge is 0.289 e. The van der Waals surface area contributed by atoms with Gasteiger partial charge >= 0.3 is 0 Å². The number of halogens is 1. The summed E-state index contributed by atoms with van der Waals surface area (Å²) in [6, 6.07) is 7.09. The Balaban J connectivity index is 2.07. The van der Waals surface area contributed by atoms with Crippen LogP contribution in [0.4, 0.5) is 0 Å². The molecule has 1 aromatic heterocycles. The molecule has 7 heteroatoms. The maximum absolute atomic E-state index is 11.7. The minimum absolute atomic E-state index is 0.154. The molecule has 0 fully saturated rings. The largest absolute Gasteiger partial charge is 0.293 e. The van der Waals surface area contributed by atoms with Crippen molar-refractivity contribution in [3.63, 3.8) is 0 Å². The molecule has 0 aliphatic carbocycles. The highest BCUT2D eigenvalue weighted by atomic mass is 35.5. The fraction of sp³-hybridized carbons (Fsp3) is 0.0833. The molecule has 0 saturated heterocycles. The number of amides is 1. The van der Waals surface area contributed by atoms with Crippen molar-refractivity contribution in [3.8, 4) is 0 Å². The van der Waals surface area contributed by atoms with Crippen molar-refractivity contribution in [2.24, 2.45) is 5.10 Å². The van der Waals surface area contributed by atoms with Gasteiger partial charge in [0.1, 0.15) is 5.69 Å². The number of nitrogens with one attached hydrogen (secondary N) is 3. The normalized spacial score (nSPS) is 10.8. The van der Waals surface area contributed by atoms with Gasteiger partial charge in [-0.25, -0.2) is 5.43 Å². The number of nitrogens with zero attached hydrogens (tertiary/aromatic N) is 1. The Hall–Kier alpha value is -2.34. The number of carbonyl (C=O) groups excluding carboxylic acids is 1. The summed E-state index contributed by atoms with van der Waals surface area (Å²) in [4.78, 5) is 22.9. The van der Waals surface area contributed by atoms with E-state index in [1.807, 2.05) is 6.07 Å². The van der Waals surface area contributed by atoms with Crippen molar-refractivity contribution in [2.45, 2.75) is 6.92 Å². The first-order valence-corrected chi connectivity index (χ1v) is 5.82. The molecule has 6 nitrogen and oxygen atoms in total. The van der Waals surface area contributed by atoms with E-state index in [9.17, 15) is 9.59 Å². The van der Waals surface area contributed by atoms with Crippen molar-refractivity contribution >= 4 is 23.7 Å². The Morgan fingerprint density at radius 3 is 2.74 bits per heavy atom. The van der Waals surface area contributed by atoms with E-state index in [4.69, 9.17) is 11.6 Å². The van der Waals surface area contributed by atoms with Gasteiger partial charge in [-0.3, -0.25) is 19.8 Å². The molecule has 0 aliphatic rings. The minimum Gasteiger partial charge on any atom is -0.293 e. The van der Waals surface area contributed by atoms with Gasteiger partial charge in [0.05, 0.1) is 6.21 Å². The Labute approximate surface area is 113 Å². The molecule has 0 bridgehead atoms. The molecule has 2 rings (SSSR count). The fourth-order valence-corrected chi connectivity index (χ4v) is 1.63. The lowest BCUT2D eigenvalue weighted by Gasteiger charge is -1.98. The van der Waals surface area contributed by atoms with Gasteiger partial charge in [-0.2, -0.15) is 5.10 Å². The zero-order valence-electron chi connectivity index (χ0n) is 10.0. The summed E-state index contributed by atoms with van der Waals surface area (Å²) >= 11 is 5.93. The molecular formula is C12H11ClN4O2. The number of rotatable bonds is 3. The van der Waals surface area contributed by atoms with Crippen molar-refractivity contribution in [1.82, 2.24) is 15.6 Å². The third kappa shape index (κ3) is 2.92. The van der Waals surface area contributed by atoms with Crippen LogP contribution in [-0.2, 0) is 0 Å². The van der Waals surface area contributed by atoms with Crippen LogP contribution >= 0.6 is 11.6 Å². The second kappa shape index (κ2) is 5.53. The van der Waals surface area contributed by atoms with Gasteiger partial charge in [0.15, 0.2) is 0 Å². The van der Waals surface area contributed by atoms with E-state index in [1.165, 1.54) is 6.21 Å². The number of hydrogen-bond acceptors (Lipinski definition) is 3. The SMILES string of the molecule is Cc1c(C(=O)N/N=C\c2ccccc2Cl)[nH][nH]c1=O. The lowest BCUT2D eigenvalue weighted by molar-refractivity contribution is 0.0949. The number of hydrazone groups is 1. The lowest BCUT2D eigenvalue weighted by Crippen LogP contribution is -2.19. The summed E-state index contributed by atoms with van der Waals surface area (Å²) < 4.78 is 0. The van der Waals surface area contributed by atoms with E-state index in [0.29, 0.717) is 16.1 Å². The first-order chi connectivity index (χ1) is 9.09. The van der Waals surface area contributed by atoms with Crippen LogP contribution in [0.1, 0.15) is 21.6 Å². The summed E-state index contributed by atoms with van der Waals surface area (Å²) in [7, 11) is 0. The van der Waals surface area contributed by atoms with Gasteiger partial charge in [-0.05, 0) is 13.0 Å². The molecule has 1 aromatic carbocycles. The zero-order valence-corrected chi connectivity index (χ0v) is 10.8. The number of aromatic amines is 2. The third-order valence-corrected chi connectivity index (χ3v) is 2.86. The van der Waals surface area contributed by atoms with E-state index in [1.54, 1.807) is 25.1 Å². The van der Waals surface area contributed by atoms with E-state index < -0.39 is 5.91 Å². The van der Waals surface area contributed by atoms with Gasteiger partial charge in [0.25, 0.3) is 11.5 Å². The van der Waals surface area contributed by atoms with Gasteiger partial charge in [-0.1, -0.05) is 29.8 Å². The summed E-state index contributed by atoms with van der Waals surface area (Å²) in [6.45, 7) is 1.54. The third-order valence-electron chi connectivity index (χ3n) is 2.52. The van der Waals surface area contributed by atoms with E-state index in [2.05, 4.69) is 20.7 Å². The molecule has 0 spiro atoms. The molecular weight excluding hydrogens is 268 g/mol. The van der Waals surface area contributed by atoms with Crippen LogP contribution in [0.3, 0.4) is 0 Å². The molecule has 0 radical (unpaired) electrons. The molecule has 0 aliphatic heterocycles. The molecule has 98 valence electrons. The quantitative estimate of drug-likeness (QED) is 0.585. The predicted molar refractivity (Wildman–Crippen MR) is 72.7 cm³/mol. The van der Waals surface area contributed by atoms with Crippen LogP contribution < -0.4 is 11.0 Å². The molecule has 1 amide bonds. The highest BCUT2D eigenvalue weighted by molar-refractivity contribution is 6.33. The summed E-state index contributed by atoms with van der Waals surface area (Å²) in [6.07, 6.45) is 1.43. The maximum atomic E-state index is 11.7. The van der Waals surface area contributed by atoms with Crippen molar-refractivity contribution < 1.29 is 4.79 Å². The second-order valence-electron chi connectivity index (χ2n) is 3.80. The molecule has 0 unspecified atom stereocenters. The van der Waals surface area contributed by atoms with Gasteiger partial charge < -0.3 is 0 Å². The van der Waals surface area contributed by atoms with Crippen molar-refractivity contribution in [2.75, 3.05) is 0 Å². The highest BCUT2D eigenvalue weighted by Gasteiger charge is 2.12. The average molecular weight is 279 g/mol. The average Bonchev–Trinajstić information content (AvgIpc) is 2.72. The molecule has 1 heterocycles. The van der Waals surface area contributed by atoms with Crippen molar-refractivity contribution in [1.29, 1.82) is 0 Å².